The molecule has 39 heavy (non-hydrogen) atoms. The van der Waals surface area contributed by atoms with Crippen LogP contribution in [0.25, 0.3) is 16.7 Å². The molecule has 4 aromatic rings. The number of alkyl halides is 3. The largest absolute Gasteiger partial charge is 0.408 e. The SMILES string of the molecule is CC(C)(O)c1cc(-n2c3nc(Nc4ccc5c(c4)CNCC54CC4)ncc3c(=O)n2CC(F)(F)F)ccc1F. The summed E-state index contributed by atoms with van der Waals surface area (Å²) in [6.07, 6.45) is -1.26. The standard InChI is InChI=1S/C27H26F4N6O2/c1-25(2,39)20-10-17(4-6-21(20)28)37-22-18(23(38)36(37)14-27(29,30)31)12-33-24(35-22)34-16-3-5-19-15(9-16)11-32-13-26(19)7-8-26/h3-6,9-10,12,32,39H,7-8,11,13-14H2,1-2H3,(H,33,34,35). The summed E-state index contributed by atoms with van der Waals surface area (Å²) in [4.78, 5) is 21.6. The van der Waals surface area contributed by atoms with E-state index in [1.807, 2.05) is 12.1 Å². The van der Waals surface area contributed by atoms with E-state index in [0.717, 1.165) is 42.2 Å². The highest BCUT2D eigenvalue weighted by atomic mass is 19.4. The van der Waals surface area contributed by atoms with E-state index in [-0.39, 0.29) is 33.6 Å². The predicted octanol–water partition coefficient (Wildman–Crippen LogP) is 4.39. The predicted molar refractivity (Wildman–Crippen MR) is 137 cm³/mol. The first-order valence-corrected chi connectivity index (χ1v) is 12.5. The second kappa shape index (κ2) is 8.62. The fraction of sp³-hybridized carbons (Fsp3) is 0.370. The first-order valence-electron chi connectivity index (χ1n) is 12.5. The smallest absolute Gasteiger partial charge is 0.386 e. The number of hydrogen-bond donors (Lipinski definition) is 3. The lowest BCUT2D eigenvalue weighted by atomic mass is 9.88. The Morgan fingerprint density at radius 3 is 2.62 bits per heavy atom. The van der Waals surface area contributed by atoms with Crippen molar-refractivity contribution in [3.63, 3.8) is 0 Å². The first kappa shape index (κ1) is 25.5. The van der Waals surface area contributed by atoms with E-state index in [2.05, 4.69) is 26.7 Å². The number of nitrogens with zero attached hydrogens (tertiary/aromatic N) is 4. The summed E-state index contributed by atoms with van der Waals surface area (Å²) in [6, 6.07) is 9.46. The van der Waals surface area contributed by atoms with Gasteiger partial charge in [0, 0.05) is 36.0 Å². The van der Waals surface area contributed by atoms with Crippen molar-refractivity contribution in [1.82, 2.24) is 24.6 Å². The van der Waals surface area contributed by atoms with Crippen molar-refractivity contribution in [3.05, 3.63) is 75.5 Å². The number of hydrogen-bond acceptors (Lipinski definition) is 6. The number of rotatable bonds is 5. The van der Waals surface area contributed by atoms with Gasteiger partial charge in [-0.1, -0.05) is 6.07 Å². The molecule has 8 nitrogen and oxygen atoms in total. The monoisotopic (exact) mass is 542 g/mol. The summed E-state index contributed by atoms with van der Waals surface area (Å²) in [5.41, 5.74) is 0.604. The Morgan fingerprint density at radius 1 is 1.15 bits per heavy atom. The van der Waals surface area contributed by atoms with Gasteiger partial charge in [0.2, 0.25) is 5.95 Å². The molecule has 0 atom stereocenters. The van der Waals surface area contributed by atoms with Crippen LogP contribution in [-0.4, -0.2) is 37.2 Å². The second-order valence-electron chi connectivity index (χ2n) is 10.8. The molecule has 204 valence electrons. The summed E-state index contributed by atoms with van der Waals surface area (Å²) in [5, 5.41) is 16.8. The Hall–Kier alpha value is -3.77. The van der Waals surface area contributed by atoms with E-state index in [1.165, 1.54) is 37.7 Å². The zero-order valence-corrected chi connectivity index (χ0v) is 21.2. The molecule has 12 heteroatoms. The van der Waals surface area contributed by atoms with Crippen LogP contribution in [0.15, 0.2) is 47.4 Å². The Kier molecular flexibility index (Phi) is 5.64. The molecule has 0 amide bonds. The number of anilines is 2. The Morgan fingerprint density at radius 2 is 1.92 bits per heavy atom. The molecule has 1 fully saturated rings. The summed E-state index contributed by atoms with van der Waals surface area (Å²) in [7, 11) is 0. The van der Waals surface area contributed by atoms with E-state index in [0.29, 0.717) is 10.4 Å². The maximum absolute atomic E-state index is 14.5. The maximum atomic E-state index is 14.5. The number of halogens is 4. The number of fused-ring (bicyclic) bond motifs is 3. The minimum atomic E-state index is -4.72. The number of aromatic nitrogens is 4. The van der Waals surface area contributed by atoms with Crippen LogP contribution >= 0.6 is 0 Å². The normalized spacial score (nSPS) is 16.5. The van der Waals surface area contributed by atoms with E-state index in [4.69, 9.17) is 0 Å². The lowest BCUT2D eigenvalue weighted by Crippen LogP contribution is -2.33. The molecule has 2 aromatic heterocycles. The molecule has 0 unspecified atom stereocenters. The van der Waals surface area contributed by atoms with Crippen LogP contribution in [-0.2, 0) is 24.1 Å². The molecule has 1 aliphatic carbocycles. The minimum Gasteiger partial charge on any atom is -0.386 e. The van der Waals surface area contributed by atoms with Crippen molar-refractivity contribution in [1.29, 1.82) is 0 Å². The van der Waals surface area contributed by atoms with Crippen molar-refractivity contribution in [2.75, 3.05) is 11.9 Å². The van der Waals surface area contributed by atoms with Crippen molar-refractivity contribution in [2.24, 2.45) is 0 Å². The third-order valence-corrected chi connectivity index (χ3v) is 7.42. The van der Waals surface area contributed by atoms with Gasteiger partial charge >= 0.3 is 6.18 Å². The highest BCUT2D eigenvalue weighted by Crippen LogP contribution is 2.50. The molecule has 2 aromatic carbocycles. The average Bonchev–Trinajstić information content (AvgIpc) is 3.57. The summed E-state index contributed by atoms with van der Waals surface area (Å²) in [5.74, 6) is -0.658. The van der Waals surface area contributed by atoms with Crippen LogP contribution in [0.1, 0.15) is 43.4 Å². The minimum absolute atomic E-state index is 0.0316. The first-order chi connectivity index (χ1) is 18.3. The van der Waals surface area contributed by atoms with Gasteiger partial charge < -0.3 is 15.7 Å². The van der Waals surface area contributed by atoms with E-state index in [9.17, 15) is 27.5 Å². The van der Waals surface area contributed by atoms with Crippen molar-refractivity contribution < 1.29 is 22.7 Å². The van der Waals surface area contributed by atoms with Crippen LogP contribution in [0.5, 0.6) is 0 Å². The third kappa shape index (κ3) is 4.57. The van der Waals surface area contributed by atoms with Gasteiger partial charge in [0.15, 0.2) is 5.65 Å². The molecule has 2 aliphatic rings. The molecule has 0 bridgehead atoms. The summed E-state index contributed by atoms with van der Waals surface area (Å²) >= 11 is 0. The van der Waals surface area contributed by atoms with Gasteiger partial charge in [-0.25, -0.2) is 18.7 Å². The van der Waals surface area contributed by atoms with E-state index < -0.39 is 29.7 Å². The number of nitrogens with one attached hydrogen (secondary N) is 2. The van der Waals surface area contributed by atoms with Gasteiger partial charge in [-0.2, -0.15) is 18.2 Å². The third-order valence-electron chi connectivity index (χ3n) is 7.42. The number of aliphatic hydroxyl groups is 1. The molecule has 0 radical (unpaired) electrons. The maximum Gasteiger partial charge on any atom is 0.408 e. The molecule has 1 spiro atoms. The fourth-order valence-electron chi connectivity index (χ4n) is 5.37. The quantitative estimate of drug-likeness (QED) is 0.324. The van der Waals surface area contributed by atoms with Crippen LogP contribution in [0.2, 0.25) is 0 Å². The van der Waals surface area contributed by atoms with Crippen LogP contribution in [0, 0.1) is 5.82 Å². The average molecular weight is 543 g/mol. The van der Waals surface area contributed by atoms with Crippen molar-refractivity contribution in [3.8, 4) is 5.69 Å². The molecule has 1 saturated carbocycles. The summed E-state index contributed by atoms with van der Waals surface area (Å²) in [6.45, 7) is 2.79. The van der Waals surface area contributed by atoms with Crippen LogP contribution < -0.4 is 16.2 Å². The van der Waals surface area contributed by atoms with Gasteiger partial charge in [0.05, 0.1) is 11.3 Å². The molecule has 3 N–H and O–H groups in total. The molecular weight excluding hydrogens is 516 g/mol. The molecule has 0 saturated heterocycles. The van der Waals surface area contributed by atoms with Crippen LogP contribution in [0.4, 0.5) is 29.2 Å². The molecule has 1 aliphatic heterocycles. The van der Waals surface area contributed by atoms with Gasteiger partial charge in [0.25, 0.3) is 5.56 Å². The molecule has 3 heterocycles. The fourth-order valence-corrected chi connectivity index (χ4v) is 5.37. The van der Waals surface area contributed by atoms with Gasteiger partial charge in [0.1, 0.15) is 17.7 Å². The number of benzene rings is 2. The van der Waals surface area contributed by atoms with Gasteiger partial charge in [-0.15, -0.1) is 0 Å². The van der Waals surface area contributed by atoms with Gasteiger partial charge in [-0.3, -0.25) is 4.79 Å². The zero-order valence-electron chi connectivity index (χ0n) is 21.2. The van der Waals surface area contributed by atoms with Gasteiger partial charge in [-0.05, 0) is 68.1 Å². The Balaban J connectivity index is 1.46. The van der Waals surface area contributed by atoms with Crippen LogP contribution in [0.3, 0.4) is 0 Å². The summed E-state index contributed by atoms with van der Waals surface area (Å²) < 4.78 is 56.5. The van der Waals surface area contributed by atoms with E-state index >= 15 is 0 Å². The highest BCUT2D eigenvalue weighted by molar-refractivity contribution is 5.77. The molecule has 6 rings (SSSR count). The lowest BCUT2D eigenvalue weighted by molar-refractivity contribution is -0.144. The van der Waals surface area contributed by atoms with Crippen molar-refractivity contribution >= 4 is 22.7 Å². The van der Waals surface area contributed by atoms with Crippen molar-refractivity contribution in [2.45, 2.75) is 57.0 Å². The van der Waals surface area contributed by atoms with E-state index in [1.54, 1.807) is 0 Å². The Labute approximate surface area is 220 Å². The second-order valence-corrected chi connectivity index (χ2v) is 10.8. The Bertz CT molecular complexity index is 1660. The lowest BCUT2D eigenvalue weighted by Gasteiger charge is -2.26. The topological polar surface area (TPSA) is 97.0 Å². The molecular formula is C27H26F4N6O2. The zero-order chi connectivity index (χ0) is 27.7. The highest BCUT2D eigenvalue weighted by Gasteiger charge is 2.46.